The summed E-state index contributed by atoms with van der Waals surface area (Å²) in [7, 11) is -3.70. The van der Waals surface area contributed by atoms with Crippen LogP contribution in [0.3, 0.4) is 0 Å². The lowest BCUT2D eigenvalue weighted by atomic mass is 9.98. The van der Waals surface area contributed by atoms with Gasteiger partial charge in [-0.25, -0.2) is 8.42 Å². The first-order valence-electron chi connectivity index (χ1n) is 7.89. The summed E-state index contributed by atoms with van der Waals surface area (Å²) < 4.78 is 25.7. The van der Waals surface area contributed by atoms with E-state index in [9.17, 15) is 8.42 Å². The fraction of sp³-hybridized carbons (Fsp3) is 0.182. The lowest BCUT2D eigenvalue weighted by molar-refractivity contribution is 0.571. The molecule has 0 saturated heterocycles. The van der Waals surface area contributed by atoms with Crippen molar-refractivity contribution < 1.29 is 8.42 Å². The highest BCUT2D eigenvalue weighted by Crippen LogP contribution is 2.18. The fourth-order valence-corrected chi connectivity index (χ4v) is 3.05. The molecule has 0 atom stereocenters. The molecule has 0 aliphatic heterocycles. The maximum Gasteiger partial charge on any atom is 0.215 e. The molecule has 2 rings (SSSR count). The largest absolute Gasteiger partial charge is 0.218 e. The molecule has 0 spiro atoms. The lowest BCUT2D eigenvalue weighted by Crippen LogP contribution is -2.04. The first-order chi connectivity index (χ1) is 11.8. The van der Waals surface area contributed by atoms with Gasteiger partial charge in [-0.05, 0) is 51.0 Å². The molecule has 25 heavy (non-hydrogen) atoms. The standard InChI is InChI=1S/C22H20O2S/c1-22(2,3)18-10-15-21(17-16-19-11-6-4-7-12-19)25(23,24)20-13-8-5-9-14-20/h4-9,11-15H,1-3H3/b21-15+. The second-order valence-electron chi connectivity index (χ2n) is 6.46. The van der Waals surface area contributed by atoms with E-state index >= 15 is 0 Å². The van der Waals surface area contributed by atoms with E-state index in [4.69, 9.17) is 0 Å². The van der Waals surface area contributed by atoms with Crippen LogP contribution >= 0.6 is 0 Å². The van der Waals surface area contributed by atoms with Gasteiger partial charge in [-0.2, -0.15) is 0 Å². The molecule has 0 heterocycles. The van der Waals surface area contributed by atoms with Crippen molar-refractivity contribution in [2.45, 2.75) is 25.7 Å². The quantitative estimate of drug-likeness (QED) is 0.752. The summed E-state index contributed by atoms with van der Waals surface area (Å²) in [5.74, 6) is 11.5. The second kappa shape index (κ2) is 7.88. The zero-order chi connectivity index (χ0) is 18.3. The minimum Gasteiger partial charge on any atom is -0.218 e. The van der Waals surface area contributed by atoms with Crippen molar-refractivity contribution in [1.82, 2.24) is 0 Å². The molecule has 2 aromatic carbocycles. The number of rotatable bonds is 2. The second-order valence-corrected chi connectivity index (χ2v) is 8.38. The molecule has 0 bridgehead atoms. The van der Waals surface area contributed by atoms with Crippen LogP contribution in [0.4, 0.5) is 0 Å². The van der Waals surface area contributed by atoms with E-state index in [0.29, 0.717) is 0 Å². The van der Waals surface area contributed by atoms with E-state index in [1.54, 1.807) is 30.3 Å². The van der Waals surface area contributed by atoms with Crippen LogP contribution < -0.4 is 0 Å². The Kier molecular flexibility index (Phi) is 5.86. The van der Waals surface area contributed by atoms with Gasteiger partial charge in [-0.1, -0.05) is 54.2 Å². The van der Waals surface area contributed by atoms with Crippen LogP contribution in [0, 0.1) is 29.1 Å². The van der Waals surface area contributed by atoms with Crippen LogP contribution in [-0.4, -0.2) is 8.42 Å². The van der Waals surface area contributed by atoms with Crippen molar-refractivity contribution in [2.24, 2.45) is 5.41 Å². The molecule has 0 aliphatic rings. The monoisotopic (exact) mass is 348 g/mol. The van der Waals surface area contributed by atoms with Crippen LogP contribution in [0.1, 0.15) is 26.3 Å². The van der Waals surface area contributed by atoms with Crippen molar-refractivity contribution in [3.63, 3.8) is 0 Å². The molecule has 0 aliphatic carbocycles. The Morgan fingerprint density at radius 2 is 1.48 bits per heavy atom. The van der Waals surface area contributed by atoms with Gasteiger partial charge in [-0.15, -0.1) is 0 Å². The maximum atomic E-state index is 12.9. The molecule has 126 valence electrons. The Bertz CT molecular complexity index is 970. The Labute approximate surface area is 150 Å². The van der Waals surface area contributed by atoms with E-state index in [1.165, 1.54) is 6.08 Å². The summed E-state index contributed by atoms with van der Waals surface area (Å²) in [5.41, 5.74) is 0.533. The summed E-state index contributed by atoms with van der Waals surface area (Å²) in [5, 5.41) is 0. The summed E-state index contributed by atoms with van der Waals surface area (Å²) in [6.45, 7) is 5.90. The average Bonchev–Trinajstić information content (AvgIpc) is 2.58. The first kappa shape index (κ1) is 18.6. The van der Waals surface area contributed by atoms with Crippen molar-refractivity contribution >= 4 is 9.84 Å². The summed E-state index contributed by atoms with van der Waals surface area (Å²) >= 11 is 0. The van der Waals surface area contributed by atoms with Crippen molar-refractivity contribution in [3.8, 4) is 23.7 Å². The summed E-state index contributed by atoms with van der Waals surface area (Å²) in [4.78, 5) is 0.209. The van der Waals surface area contributed by atoms with Crippen LogP contribution in [-0.2, 0) is 9.84 Å². The maximum absolute atomic E-state index is 12.9. The number of sulfone groups is 1. The molecule has 0 amide bonds. The van der Waals surface area contributed by atoms with Gasteiger partial charge in [0.15, 0.2) is 0 Å². The third kappa shape index (κ3) is 5.68. The average molecular weight is 348 g/mol. The molecule has 2 aromatic rings. The van der Waals surface area contributed by atoms with Crippen molar-refractivity contribution in [2.75, 3.05) is 0 Å². The van der Waals surface area contributed by atoms with Crippen LogP contribution in [0.15, 0.2) is 76.5 Å². The molecule has 0 aromatic heterocycles. The van der Waals surface area contributed by atoms with Crippen LogP contribution in [0.2, 0.25) is 0 Å². The highest BCUT2D eigenvalue weighted by Gasteiger charge is 2.18. The molecule has 0 saturated carbocycles. The molecule has 0 unspecified atom stereocenters. The van der Waals surface area contributed by atoms with Gasteiger partial charge in [0.1, 0.15) is 4.91 Å². The Morgan fingerprint density at radius 1 is 0.920 bits per heavy atom. The van der Waals surface area contributed by atoms with E-state index in [-0.39, 0.29) is 15.2 Å². The minimum absolute atomic E-state index is 0.000645. The molecule has 2 nitrogen and oxygen atoms in total. The summed E-state index contributed by atoms with van der Waals surface area (Å²) in [6, 6.07) is 17.5. The predicted molar refractivity (Wildman–Crippen MR) is 102 cm³/mol. The first-order valence-corrected chi connectivity index (χ1v) is 9.37. The van der Waals surface area contributed by atoms with E-state index in [2.05, 4.69) is 23.7 Å². The molecule has 0 radical (unpaired) electrons. The number of allylic oxidation sites excluding steroid dienone is 2. The van der Waals surface area contributed by atoms with Crippen LogP contribution in [0.25, 0.3) is 0 Å². The number of benzene rings is 2. The number of hydrogen-bond acceptors (Lipinski definition) is 2. The molecule has 0 fully saturated rings. The van der Waals surface area contributed by atoms with Gasteiger partial charge in [-0.3, -0.25) is 0 Å². The van der Waals surface area contributed by atoms with Gasteiger partial charge < -0.3 is 0 Å². The third-order valence-corrected chi connectivity index (χ3v) is 4.79. The predicted octanol–water partition coefficient (Wildman–Crippen LogP) is 4.45. The van der Waals surface area contributed by atoms with E-state index in [1.807, 2.05) is 51.1 Å². The van der Waals surface area contributed by atoms with E-state index < -0.39 is 9.84 Å². The lowest BCUT2D eigenvalue weighted by Gasteiger charge is -2.06. The normalized spacial score (nSPS) is 11.7. The third-order valence-electron chi connectivity index (χ3n) is 3.10. The number of hydrogen-bond donors (Lipinski definition) is 0. The highest BCUT2D eigenvalue weighted by atomic mass is 32.2. The van der Waals surface area contributed by atoms with E-state index in [0.717, 1.165) is 5.56 Å². The molecular weight excluding hydrogens is 328 g/mol. The van der Waals surface area contributed by atoms with Gasteiger partial charge in [0.05, 0.1) is 4.90 Å². The Hall–Kier alpha value is -2.75. The van der Waals surface area contributed by atoms with Gasteiger partial charge in [0, 0.05) is 17.1 Å². The van der Waals surface area contributed by atoms with Crippen molar-refractivity contribution in [1.29, 1.82) is 0 Å². The zero-order valence-corrected chi connectivity index (χ0v) is 15.4. The molecular formula is C22H20O2S. The highest BCUT2D eigenvalue weighted by molar-refractivity contribution is 7.95. The van der Waals surface area contributed by atoms with Gasteiger partial charge in [0.25, 0.3) is 0 Å². The fourth-order valence-electron chi connectivity index (χ4n) is 1.88. The zero-order valence-electron chi connectivity index (χ0n) is 14.6. The minimum atomic E-state index is -3.70. The summed E-state index contributed by atoms with van der Waals surface area (Å²) in [6.07, 6.45) is 1.39. The molecule has 0 N–H and O–H groups in total. The van der Waals surface area contributed by atoms with Gasteiger partial charge in [0.2, 0.25) is 9.84 Å². The Balaban J connectivity index is 2.51. The smallest absolute Gasteiger partial charge is 0.215 e. The topological polar surface area (TPSA) is 34.1 Å². The van der Waals surface area contributed by atoms with Crippen molar-refractivity contribution in [3.05, 3.63) is 77.2 Å². The molecule has 3 heteroatoms. The van der Waals surface area contributed by atoms with Crippen LogP contribution in [0.5, 0.6) is 0 Å². The SMILES string of the molecule is CC(C)(C)C#C/C=C(\C#Cc1ccccc1)S(=O)(=O)c1ccccc1. The van der Waals surface area contributed by atoms with Gasteiger partial charge >= 0.3 is 0 Å². The Morgan fingerprint density at radius 3 is 2.04 bits per heavy atom.